The van der Waals surface area contributed by atoms with Gasteiger partial charge in [0.05, 0.1) is 0 Å². The molecule has 6 aromatic rings. The zero-order chi connectivity index (χ0) is 35.8. The van der Waals surface area contributed by atoms with E-state index < -0.39 is 16.1 Å². The molecule has 0 aliphatic heterocycles. The first kappa shape index (κ1) is 35.3. The Labute approximate surface area is 312 Å². The summed E-state index contributed by atoms with van der Waals surface area (Å²) in [6.07, 6.45) is 5.99. The summed E-state index contributed by atoms with van der Waals surface area (Å²) in [5, 5.41) is 9.69. The summed E-state index contributed by atoms with van der Waals surface area (Å²) in [6, 6.07) is 66.2. The van der Waals surface area contributed by atoms with Gasteiger partial charge >= 0.3 is 0 Å². The number of unbranched alkanes of at least 4 members (excludes halogenated alkanes) is 2. The van der Waals surface area contributed by atoms with Gasteiger partial charge in [-0.05, 0) is 67.9 Å². The fourth-order valence-electron chi connectivity index (χ4n) is 8.75. The molecule has 0 N–H and O–H groups in total. The first-order valence-corrected chi connectivity index (χ1v) is 23.0. The van der Waals surface area contributed by atoms with Gasteiger partial charge in [-0.25, -0.2) is 0 Å². The number of hydrogen-bond donors (Lipinski definition) is 0. The average Bonchev–Trinajstić information content (AvgIpc) is 3.49. The molecule has 7 rings (SSSR count). The molecule has 0 unspecified atom stereocenters. The third-order valence-corrected chi connectivity index (χ3v) is 20.7. The second kappa shape index (κ2) is 16.1. The minimum absolute atomic E-state index is 0.267. The molecule has 0 spiro atoms. The lowest BCUT2D eigenvalue weighted by Gasteiger charge is -2.38. The molecule has 3 heteroatoms. The van der Waals surface area contributed by atoms with Gasteiger partial charge in [0.15, 0.2) is 21.9 Å². The van der Waals surface area contributed by atoms with Crippen LogP contribution in [-0.2, 0) is 4.79 Å². The van der Waals surface area contributed by atoms with Crippen LogP contribution in [0, 0.1) is 0 Å². The molecule has 1 aliphatic rings. The average molecular weight is 709 g/mol. The van der Waals surface area contributed by atoms with Crippen LogP contribution in [0.4, 0.5) is 0 Å². The molecule has 1 aliphatic carbocycles. The van der Waals surface area contributed by atoms with Crippen molar-refractivity contribution in [2.24, 2.45) is 0 Å². The van der Waals surface area contributed by atoms with Crippen molar-refractivity contribution in [3.8, 4) is 0 Å². The van der Waals surface area contributed by atoms with Crippen molar-refractivity contribution in [3.05, 3.63) is 204 Å². The van der Waals surface area contributed by atoms with Crippen molar-refractivity contribution in [2.45, 2.75) is 52.4 Å². The first-order chi connectivity index (χ1) is 25.7. The number of allylic oxidation sites excluding steroid dienone is 4. The van der Waals surface area contributed by atoms with Crippen LogP contribution in [0.15, 0.2) is 204 Å². The van der Waals surface area contributed by atoms with Crippen molar-refractivity contribution in [1.29, 1.82) is 0 Å². The lowest BCUT2D eigenvalue weighted by Crippen LogP contribution is -2.72. The molecule has 1 nitrogen and oxygen atoms in total. The predicted octanol–water partition coefficient (Wildman–Crippen LogP) is 7.96. The second-order valence-electron chi connectivity index (χ2n) is 13.9. The molecule has 0 fully saturated rings. The van der Waals surface area contributed by atoms with Crippen molar-refractivity contribution in [3.63, 3.8) is 0 Å². The zero-order valence-corrected chi connectivity index (χ0v) is 32.5. The summed E-state index contributed by atoms with van der Waals surface area (Å²) in [7, 11) is -6.32. The molecule has 0 aromatic heterocycles. The Morgan fingerprint density at radius 3 is 0.750 bits per heavy atom. The van der Waals surface area contributed by atoms with E-state index in [-0.39, 0.29) is 5.78 Å². The highest BCUT2D eigenvalue weighted by Crippen LogP contribution is 2.43. The predicted molar refractivity (Wildman–Crippen MR) is 226 cm³/mol. The van der Waals surface area contributed by atoms with E-state index in [1.165, 1.54) is 42.3 Å². The van der Waals surface area contributed by atoms with Gasteiger partial charge in [0, 0.05) is 10.4 Å². The quantitative estimate of drug-likeness (QED) is 0.0830. The van der Waals surface area contributed by atoms with Crippen LogP contribution in [0.5, 0.6) is 0 Å². The Morgan fingerprint density at radius 2 is 0.558 bits per heavy atom. The van der Waals surface area contributed by atoms with E-state index >= 15 is 4.79 Å². The van der Waals surface area contributed by atoms with Crippen LogP contribution in [-0.4, -0.2) is 21.9 Å². The van der Waals surface area contributed by atoms with E-state index in [4.69, 9.17) is 0 Å². The van der Waals surface area contributed by atoms with Gasteiger partial charge in [-0.2, -0.15) is 0 Å². The van der Waals surface area contributed by atoms with Crippen molar-refractivity contribution in [1.82, 2.24) is 0 Å². The third kappa shape index (κ3) is 6.12. The molecule has 0 bridgehead atoms. The summed E-state index contributed by atoms with van der Waals surface area (Å²) in [6.45, 7) is 4.56. The molecule has 52 heavy (non-hydrogen) atoms. The monoisotopic (exact) mass is 708 g/mol. The summed E-state index contributed by atoms with van der Waals surface area (Å²) < 4.78 is 0. The van der Waals surface area contributed by atoms with Gasteiger partial charge in [0.1, 0.15) is 0 Å². The molecule has 0 radical (unpaired) electrons. The molecule has 0 heterocycles. The maximum absolute atomic E-state index is 16.7. The number of hydrogen-bond acceptors (Lipinski definition) is 1. The first-order valence-electron chi connectivity index (χ1n) is 19.0. The van der Waals surface area contributed by atoms with Crippen molar-refractivity contribution >= 4 is 53.1 Å². The van der Waals surface area contributed by atoms with E-state index in [0.29, 0.717) is 0 Å². The largest absolute Gasteiger partial charge is 0.290 e. The highest BCUT2D eigenvalue weighted by atomic mass is 28.3. The highest BCUT2D eigenvalue weighted by Gasteiger charge is 2.56. The van der Waals surface area contributed by atoms with Crippen LogP contribution in [0.2, 0.25) is 0 Å². The summed E-state index contributed by atoms with van der Waals surface area (Å²) >= 11 is 0. The fourth-order valence-corrected chi connectivity index (χ4v) is 19.1. The molecule has 0 atom stereocenters. The van der Waals surface area contributed by atoms with E-state index in [0.717, 1.165) is 48.9 Å². The SMILES string of the molecule is CCCCC1=C([Si](c2ccccc2)(c2ccccc2)c2ccccc2)C(=O)C([Si](c2ccccc2)(c2ccccc2)c2ccccc2)=C1CCCC. The van der Waals surface area contributed by atoms with Crippen LogP contribution < -0.4 is 31.1 Å². The van der Waals surface area contributed by atoms with Crippen LogP contribution in [0.1, 0.15) is 52.4 Å². The number of carbonyl (C=O) groups excluding carboxylic acids is 1. The smallest absolute Gasteiger partial charge is 0.184 e. The Morgan fingerprint density at radius 1 is 0.346 bits per heavy atom. The lowest BCUT2D eigenvalue weighted by atomic mass is 9.99. The molecule has 0 saturated carbocycles. The molecule has 0 amide bonds. The van der Waals surface area contributed by atoms with Gasteiger partial charge in [0.25, 0.3) is 0 Å². The van der Waals surface area contributed by atoms with Gasteiger partial charge in [-0.15, -0.1) is 0 Å². The normalized spacial score (nSPS) is 13.5. The van der Waals surface area contributed by atoms with E-state index in [1.807, 2.05) is 0 Å². The third-order valence-electron chi connectivity index (χ3n) is 11.0. The Balaban J connectivity index is 1.67. The highest BCUT2D eigenvalue weighted by molar-refractivity contribution is 7.22. The minimum atomic E-state index is -3.16. The maximum Gasteiger partial charge on any atom is 0.184 e. The molecule has 258 valence electrons. The summed E-state index contributed by atoms with van der Waals surface area (Å²) in [5.41, 5.74) is 2.64. The zero-order valence-electron chi connectivity index (χ0n) is 30.5. The standard InChI is InChI=1S/C49H48OSi2/c1-3-5-37-45-46(38-6-4-2)49(52(42-31-19-10-20-32-42,43-33-21-11-22-34-43)44-35-23-12-24-36-44)47(50)48(45)51(39-25-13-7-14-26-39,40-27-15-8-16-28-40)41-29-17-9-18-30-41/h7-36H,3-6,37-38H2,1-2H3. The Bertz CT molecular complexity index is 1790. The summed E-state index contributed by atoms with van der Waals surface area (Å²) in [5.74, 6) is 0.267. The number of benzene rings is 6. The van der Waals surface area contributed by atoms with Crippen LogP contribution >= 0.6 is 0 Å². The summed E-state index contributed by atoms with van der Waals surface area (Å²) in [4.78, 5) is 16.7. The van der Waals surface area contributed by atoms with E-state index in [9.17, 15) is 0 Å². The second-order valence-corrected chi connectivity index (χ2v) is 21.4. The molecule has 0 saturated heterocycles. The maximum atomic E-state index is 16.7. The molecular weight excluding hydrogens is 661 g/mol. The van der Waals surface area contributed by atoms with Gasteiger partial charge in [0.2, 0.25) is 0 Å². The molecular formula is C49H48OSi2. The van der Waals surface area contributed by atoms with Gasteiger partial charge < -0.3 is 0 Å². The van der Waals surface area contributed by atoms with Crippen LogP contribution in [0.3, 0.4) is 0 Å². The van der Waals surface area contributed by atoms with Gasteiger partial charge in [-0.1, -0.05) is 209 Å². The molecule has 6 aromatic carbocycles. The number of ketones is 1. The minimum Gasteiger partial charge on any atom is -0.290 e. The fraction of sp³-hybridized carbons (Fsp3) is 0.163. The topological polar surface area (TPSA) is 17.1 Å². The van der Waals surface area contributed by atoms with Crippen LogP contribution in [0.25, 0.3) is 0 Å². The van der Waals surface area contributed by atoms with E-state index in [2.05, 4.69) is 196 Å². The lowest BCUT2D eigenvalue weighted by molar-refractivity contribution is -0.111. The van der Waals surface area contributed by atoms with E-state index in [1.54, 1.807) is 0 Å². The van der Waals surface area contributed by atoms with Crippen molar-refractivity contribution < 1.29 is 4.79 Å². The Hall–Kier alpha value is -5.10. The number of Topliss-reactive ketones (excluding diaryl/α,β-unsaturated/α-hetero) is 1. The number of carbonyl (C=O) groups is 1. The van der Waals surface area contributed by atoms with Gasteiger partial charge in [-0.3, -0.25) is 4.79 Å². The Kier molecular flexibility index (Phi) is 10.9. The number of rotatable bonds is 14. The van der Waals surface area contributed by atoms with Crippen molar-refractivity contribution in [2.75, 3.05) is 0 Å².